The topological polar surface area (TPSA) is 50.4 Å². The van der Waals surface area contributed by atoms with Crippen LogP contribution >= 0.6 is 11.6 Å². The van der Waals surface area contributed by atoms with Crippen molar-refractivity contribution in [2.45, 2.75) is 5.92 Å². The van der Waals surface area contributed by atoms with E-state index in [1.807, 2.05) is 0 Å². The maximum absolute atomic E-state index is 13.7. The van der Waals surface area contributed by atoms with Crippen LogP contribution in [0, 0.1) is 0 Å². The molecule has 0 aliphatic carbocycles. The van der Waals surface area contributed by atoms with E-state index in [2.05, 4.69) is 16.9 Å². The number of benzene rings is 1. The number of alkyl halides is 2. The fraction of sp³-hybridized carbons (Fsp3) is 0.250. The van der Waals surface area contributed by atoms with Crippen LogP contribution in [0.15, 0.2) is 41.9 Å². The van der Waals surface area contributed by atoms with Gasteiger partial charge >= 0.3 is 0 Å². The molecule has 3 N–H and O–H groups in total. The van der Waals surface area contributed by atoms with Gasteiger partial charge in [0.05, 0.1) is 0 Å². The van der Waals surface area contributed by atoms with Crippen LogP contribution in [0.2, 0.25) is 5.02 Å². The summed E-state index contributed by atoms with van der Waals surface area (Å²) in [7, 11) is 0. The number of nitrogens with two attached hydrogens (primary N) is 1. The van der Waals surface area contributed by atoms with E-state index in [1.54, 1.807) is 6.08 Å². The molecule has 0 atom stereocenters. The summed E-state index contributed by atoms with van der Waals surface area (Å²) in [6.07, 6.45) is 1.56. The molecule has 98 valence electrons. The molecule has 0 radical (unpaired) electrons. The largest absolute Gasteiger partial charge is 0.370 e. The minimum Gasteiger partial charge on any atom is -0.370 e. The van der Waals surface area contributed by atoms with Crippen molar-refractivity contribution in [1.29, 1.82) is 0 Å². The molecule has 1 aromatic carbocycles. The standard InChI is InChI=1S/C12H14ClF2N3/c1-2-7-17-11(16)18-8-12(14,15)9-3-5-10(13)6-4-9/h2-6H,1,7-8H2,(H3,16,17,18). The third-order valence-corrected chi connectivity index (χ3v) is 2.39. The summed E-state index contributed by atoms with van der Waals surface area (Å²) in [5.74, 6) is -3.12. The first-order chi connectivity index (χ1) is 8.45. The van der Waals surface area contributed by atoms with Crippen LogP contribution in [0.4, 0.5) is 8.78 Å². The zero-order chi connectivity index (χ0) is 13.6. The van der Waals surface area contributed by atoms with Crippen LogP contribution in [-0.4, -0.2) is 19.0 Å². The summed E-state index contributed by atoms with van der Waals surface area (Å²) in [6, 6.07) is 5.36. The van der Waals surface area contributed by atoms with Crippen molar-refractivity contribution >= 4 is 17.6 Å². The quantitative estimate of drug-likeness (QED) is 0.492. The second kappa shape index (κ2) is 6.35. The molecule has 0 saturated heterocycles. The van der Waals surface area contributed by atoms with Crippen LogP contribution in [0.25, 0.3) is 0 Å². The van der Waals surface area contributed by atoms with Gasteiger partial charge < -0.3 is 11.1 Å². The second-order valence-electron chi connectivity index (χ2n) is 3.58. The minimum atomic E-state index is -3.08. The van der Waals surface area contributed by atoms with Gasteiger partial charge in [0.25, 0.3) is 5.92 Å². The minimum absolute atomic E-state index is 0.0384. The number of hydrogen-bond donors (Lipinski definition) is 2. The predicted molar refractivity (Wildman–Crippen MR) is 70.0 cm³/mol. The molecule has 0 aliphatic heterocycles. The number of guanidine groups is 1. The molecular formula is C12H14ClF2N3. The summed E-state index contributed by atoms with van der Waals surface area (Å²) in [5, 5.41) is 3.03. The molecule has 0 aliphatic rings. The van der Waals surface area contributed by atoms with Crippen molar-refractivity contribution in [2.24, 2.45) is 10.7 Å². The monoisotopic (exact) mass is 273 g/mol. The molecule has 1 rings (SSSR count). The Morgan fingerprint density at radius 1 is 1.44 bits per heavy atom. The van der Waals surface area contributed by atoms with E-state index in [0.717, 1.165) is 0 Å². The Labute approximate surface area is 109 Å². The zero-order valence-corrected chi connectivity index (χ0v) is 10.4. The second-order valence-corrected chi connectivity index (χ2v) is 4.02. The summed E-state index contributed by atoms with van der Waals surface area (Å²) in [4.78, 5) is 3.58. The van der Waals surface area contributed by atoms with Gasteiger partial charge in [-0.1, -0.05) is 29.8 Å². The maximum Gasteiger partial charge on any atom is 0.292 e. The first kappa shape index (κ1) is 14.4. The molecule has 0 amide bonds. The number of hydrogen-bond acceptors (Lipinski definition) is 1. The number of aliphatic imine (C=N–C) groups is 1. The highest BCUT2D eigenvalue weighted by atomic mass is 35.5. The first-order valence-electron chi connectivity index (χ1n) is 5.24. The number of nitrogens with one attached hydrogen (secondary N) is 1. The van der Waals surface area contributed by atoms with Crippen LogP contribution in [0.3, 0.4) is 0 Å². The van der Waals surface area contributed by atoms with Gasteiger partial charge in [0.2, 0.25) is 0 Å². The summed E-state index contributed by atoms with van der Waals surface area (Å²) >= 11 is 5.63. The molecule has 3 nitrogen and oxygen atoms in total. The number of halogens is 3. The lowest BCUT2D eigenvalue weighted by molar-refractivity contribution is 0.00646. The third kappa shape index (κ3) is 4.33. The normalized spacial score (nSPS) is 12.3. The van der Waals surface area contributed by atoms with Gasteiger partial charge in [0.1, 0.15) is 6.54 Å². The molecule has 0 bridgehead atoms. The molecule has 0 unspecified atom stereocenters. The van der Waals surface area contributed by atoms with Gasteiger partial charge in [-0.15, -0.1) is 6.58 Å². The highest BCUT2D eigenvalue weighted by Gasteiger charge is 2.31. The van der Waals surface area contributed by atoms with E-state index in [1.165, 1.54) is 24.3 Å². The predicted octanol–water partition coefficient (Wildman–Crippen LogP) is 2.52. The van der Waals surface area contributed by atoms with Gasteiger partial charge in [-0.25, -0.2) is 4.99 Å². The number of rotatable bonds is 5. The molecule has 18 heavy (non-hydrogen) atoms. The smallest absolute Gasteiger partial charge is 0.292 e. The molecule has 0 heterocycles. The Kier molecular flexibility index (Phi) is 5.09. The molecule has 0 fully saturated rings. The van der Waals surface area contributed by atoms with Crippen LogP contribution in [0.1, 0.15) is 5.56 Å². The molecule has 1 aromatic rings. The Bertz CT molecular complexity index is 429. The van der Waals surface area contributed by atoms with Crippen LogP contribution in [-0.2, 0) is 5.92 Å². The van der Waals surface area contributed by atoms with Gasteiger partial charge in [-0.3, -0.25) is 0 Å². The highest BCUT2D eigenvalue weighted by molar-refractivity contribution is 6.30. The van der Waals surface area contributed by atoms with Gasteiger partial charge in [-0.2, -0.15) is 8.78 Å². The lowest BCUT2D eigenvalue weighted by Gasteiger charge is -2.14. The Morgan fingerprint density at radius 3 is 2.61 bits per heavy atom. The fourth-order valence-electron chi connectivity index (χ4n) is 1.20. The van der Waals surface area contributed by atoms with Gasteiger partial charge in [0, 0.05) is 17.1 Å². The lowest BCUT2D eigenvalue weighted by atomic mass is 10.1. The Hall–Kier alpha value is -1.62. The van der Waals surface area contributed by atoms with Crippen LogP contribution < -0.4 is 11.1 Å². The molecule has 6 heteroatoms. The van der Waals surface area contributed by atoms with E-state index in [-0.39, 0.29) is 11.5 Å². The molecular weight excluding hydrogens is 260 g/mol. The third-order valence-electron chi connectivity index (χ3n) is 2.14. The van der Waals surface area contributed by atoms with Crippen molar-refractivity contribution in [1.82, 2.24) is 5.32 Å². The van der Waals surface area contributed by atoms with E-state index < -0.39 is 12.5 Å². The maximum atomic E-state index is 13.7. The van der Waals surface area contributed by atoms with Crippen molar-refractivity contribution in [2.75, 3.05) is 13.1 Å². The first-order valence-corrected chi connectivity index (χ1v) is 5.62. The van der Waals surface area contributed by atoms with Gasteiger partial charge in [0.15, 0.2) is 5.96 Å². The number of nitrogens with zero attached hydrogens (tertiary/aromatic N) is 1. The Balaban J connectivity index is 2.69. The van der Waals surface area contributed by atoms with Crippen molar-refractivity contribution in [3.05, 3.63) is 47.5 Å². The van der Waals surface area contributed by atoms with E-state index in [9.17, 15) is 8.78 Å². The summed E-state index contributed by atoms with van der Waals surface area (Å²) < 4.78 is 27.4. The Morgan fingerprint density at radius 2 is 2.06 bits per heavy atom. The average Bonchev–Trinajstić information content (AvgIpc) is 2.34. The molecule has 0 aromatic heterocycles. The zero-order valence-electron chi connectivity index (χ0n) is 9.67. The summed E-state index contributed by atoms with van der Waals surface area (Å²) in [5.41, 5.74) is 5.26. The summed E-state index contributed by atoms with van der Waals surface area (Å²) in [6.45, 7) is 3.12. The average molecular weight is 274 g/mol. The molecule has 0 saturated carbocycles. The van der Waals surface area contributed by atoms with Crippen molar-refractivity contribution in [3.8, 4) is 0 Å². The molecule has 0 spiro atoms. The highest BCUT2D eigenvalue weighted by Crippen LogP contribution is 2.29. The van der Waals surface area contributed by atoms with Gasteiger partial charge in [-0.05, 0) is 12.1 Å². The van der Waals surface area contributed by atoms with E-state index >= 15 is 0 Å². The fourth-order valence-corrected chi connectivity index (χ4v) is 1.33. The SMILES string of the molecule is C=CCNC(N)=NCC(F)(F)c1ccc(Cl)cc1. The van der Waals surface area contributed by atoms with E-state index in [4.69, 9.17) is 17.3 Å². The van der Waals surface area contributed by atoms with E-state index in [0.29, 0.717) is 11.6 Å². The van der Waals surface area contributed by atoms with Crippen molar-refractivity contribution < 1.29 is 8.78 Å². The lowest BCUT2D eigenvalue weighted by Crippen LogP contribution is -2.33. The van der Waals surface area contributed by atoms with Crippen LogP contribution in [0.5, 0.6) is 0 Å². The van der Waals surface area contributed by atoms with Crippen molar-refractivity contribution in [3.63, 3.8) is 0 Å².